The summed E-state index contributed by atoms with van der Waals surface area (Å²) in [4.78, 5) is 0. The first-order valence-electron chi connectivity index (χ1n) is 10.1. The molecule has 0 spiro atoms. The molecule has 2 heteroatoms. The molecule has 0 N–H and O–H groups in total. The smallest absolute Gasteiger partial charge is 0.0628 e. The van der Waals surface area contributed by atoms with Gasteiger partial charge in [0.25, 0.3) is 0 Å². The third kappa shape index (κ3) is 4.50. The van der Waals surface area contributed by atoms with Crippen molar-refractivity contribution in [3.63, 3.8) is 0 Å². The Bertz CT molecular complexity index is 962. The van der Waals surface area contributed by atoms with Crippen LogP contribution in [0.1, 0.15) is 18.1 Å². The van der Waals surface area contributed by atoms with Gasteiger partial charge in [-0.15, -0.1) is 0 Å². The summed E-state index contributed by atoms with van der Waals surface area (Å²) >= 11 is 0. The molecule has 0 aliphatic rings. The van der Waals surface area contributed by atoms with Gasteiger partial charge in [0.15, 0.2) is 0 Å². The molecule has 1 atom stereocenters. The van der Waals surface area contributed by atoms with E-state index in [0.717, 1.165) is 15.6 Å². The van der Waals surface area contributed by atoms with E-state index in [-0.39, 0.29) is 4.66 Å². The first-order chi connectivity index (χ1) is 14.3. The molecule has 1 unspecified atom stereocenters. The van der Waals surface area contributed by atoms with Gasteiger partial charge in [0.2, 0.25) is 0 Å². The van der Waals surface area contributed by atoms with Crippen molar-refractivity contribution in [3.05, 3.63) is 132 Å². The van der Waals surface area contributed by atoms with Crippen LogP contribution in [0.15, 0.2) is 121 Å². The first kappa shape index (κ1) is 19.6. The molecule has 0 bridgehead atoms. The molecule has 0 aliphatic carbocycles. The van der Waals surface area contributed by atoms with Crippen molar-refractivity contribution in [2.24, 2.45) is 0 Å². The Morgan fingerprint density at radius 3 is 1.48 bits per heavy atom. The van der Waals surface area contributed by atoms with Crippen LogP contribution in [0.2, 0.25) is 0 Å². The van der Waals surface area contributed by atoms with Crippen LogP contribution in [0.4, 0.5) is 0 Å². The standard InChI is InChI=1S/C27H25Si2/c1-27(24-16-8-3-9-17-24,28-22-23-14-6-2-7-15-23)29(25-18-10-4-11-19-25)26-20-12-5-13-21-26/h2-21H,22H2,1H3. The summed E-state index contributed by atoms with van der Waals surface area (Å²) in [6.45, 7) is 2.50. The van der Waals surface area contributed by atoms with E-state index in [1.807, 2.05) is 0 Å². The molecule has 0 saturated carbocycles. The van der Waals surface area contributed by atoms with Crippen LogP contribution in [0.25, 0.3) is 0 Å². The molecule has 0 saturated heterocycles. The van der Waals surface area contributed by atoms with Crippen LogP contribution in [0, 0.1) is 0 Å². The largest absolute Gasteiger partial charge is 0.128 e. The lowest BCUT2D eigenvalue weighted by Crippen LogP contribution is -2.60. The van der Waals surface area contributed by atoms with E-state index in [1.54, 1.807) is 0 Å². The SMILES string of the molecule is CC([Si]Cc1ccccc1)(c1ccccc1)[Si](c1ccccc1)c1ccccc1. The predicted octanol–water partition coefficient (Wildman–Crippen LogP) is 4.65. The Balaban J connectivity index is 1.82. The zero-order chi connectivity index (χ0) is 19.9. The summed E-state index contributed by atoms with van der Waals surface area (Å²) in [7, 11) is -0.238. The van der Waals surface area contributed by atoms with Gasteiger partial charge in [-0.3, -0.25) is 0 Å². The summed E-state index contributed by atoms with van der Waals surface area (Å²) < 4.78 is 0.102. The molecular formula is C27H25Si2. The van der Waals surface area contributed by atoms with Gasteiger partial charge in [0, 0.05) is 0 Å². The van der Waals surface area contributed by atoms with Crippen LogP contribution >= 0.6 is 0 Å². The molecule has 0 heterocycles. The molecule has 141 valence electrons. The highest BCUT2D eigenvalue weighted by molar-refractivity contribution is 6.93. The Kier molecular flexibility index (Phi) is 6.23. The predicted molar refractivity (Wildman–Crippen MR) is 128 cm³/mol. The van der Waals surface area contributed by atoms with Crippen molar-refractivity contribution >= 4 is 28.7 Å². The fourth-order valence-electron chi connectivity index (χ4n) is 3.93. The van der Waals surface area contributed by atoms with Gasteiger partial charge in [0.05, 0.1) is 9.52 Å². The Hall–Kier alpha value is -2.69. The van der Waals surface area contributed by atoms with Crippen LogP contribution < -0.4 is 10.4 Å². The molecule has 0 fully saturated rings. The van der Waals surface area contributed by atoms with E-state index in [2.05, 4.69) is 128 Å². The van der Waals surface area contributed by atoms with Crippen LogP contribution in [-0.2, 0) is 10.7 Å². The number of hydrogen-bond donors (Lipinski definition) is 0. The quantitative estimate of drug-likeness (QED) is 0.393. The summed E-state index contributed by atoms with van der Waals surface area (Å²) in [5.74, 6) is 0. The van der Waals surface area contributed by atoms with Crippen molar-refractivity contribution < 1.29 is 0 Å². The molecule has 3 radical (unpaired) electrons. The number of benzene rings is 4. The monoisotopic (exact) mass is 405 g/mol. The molecule has 4 aromatic rings. The van der Waals surface area contributed by atoms with Crippen molar-refractivity contribution in [1.29, 1.82) is 0 Å². The van der Waals surface area contributed by atoms with Gasteiger partial charge in [0.1, 0.15) is 8.80 Å². The molecule has 4 aromatic carbocycles. The van der Waals surface area contributed by atoms with Gasteiger partial charge in [-0.2, -0.15) is 0 Å². The van der Waals surface area contributed by atoms with Gasteiger partial charge < -0.3 is 0 Å². The normalized spacial score (nSPS) is 13.2. The Morgan fingerprint density at radius 1 is 0.586 bits per heavy atom. The molecule has 0 nitrogen and oxygen atoms in total. The van der Waals surface area contributed by atoms with E-state index < -0.39 is 8.80 Å². The third-order valence-electron chi connectivity index (χ3n) is 5.46. The topological polar surface area (TPSA) is 0 Å². The maximum absolute atomic E-state index is 2.50. The van der Waals surface area contributed by atoms with Crippen molar-refractivity contribution in [2.75, 3.05) is 0 Å². The van der Waals surface area contributed by atoms with Crippen molar-refractivity contribution in [3.8, 4) is 0 Å². The van der Waals surface area contributed by atoms with E-state index in [1.165, 1.54) is 21.5 Å². The Labute approximate surface area is 178 Å². The van der Waals surface area contributed by atoms with Crippen molar-refractivity contribution in [2.45, 2.75) is 17.6 Å². The molecule has 0 aliphatic heterocycles. The lowest BCUT2D eigenvalue weighted by molar-refractivity contribution is 0.924. The van der Waals surface area contributed by atoms with Crippen molar-refractivity contribution in [1.82, 2.24) is 0 Å². The highest BCUT2D eigenvalue weighted by Crippen LogP contribution is 2.27. The molecule has 4 rings (SSSR count). The van der Waals surface area contributed by atoms with Gasteiger partial charge in [-0.1, -0.05) is 144 Å². The van der Waals surface area contributed by atoms with Gasteiger partial charge >= 0.3 is 0 Å². The molecule has 29 heavy (non-hydrogen) atoms. The summed E-state index contributed by atoms with van der Waals surface area (Å²) in [5.41, 5.74) is 2.88. The highest BCUT2D eigenvalue weighted by atomic mass is 28.3. The van der Waals surface area contributed by atoms with Crippen LogP contribution in [0.5, 0.6) is 0 Å². The first-order valence-corrected chi connectivity index (χ1v) is 12.8. The average molecular weight is 406 g/mol. The zero-order valence-corrected chi connectivity index (χ0v) is 18.8. The van der Waals surface area contributed by atoms with Crippen LogP contribution in [0.3, 0.4) is 0 Å². The Morgan fingerprint density at radius 2 is 1.00 bits per heavy atom. The van der Waals surface area contributed by atoms with Gasteiger partial charge in [-0.25, -0.2) is 0 Å². The second-order valence-corrected chi connectivity index (χ2v) is 12.5. The van der Waals surface area contributed by atoms with E-state index in [9.17, 15) is 0 Å². The fraction of sp³-hybridized carbons (Fsp3) is 0.111. The average Bonchev–Trinajstić information content (AvgIpc) is 2.81. The zero-order valence-electron chi connectivity index (χ0n) is 16.8. The maximum atomic E-state index is 2.50. The minimum absolute atomic E-state index is 0.102. The third-order valence-corrected chi connectivity index (χ3v) is 11.4. The summed E-state index contributed by atoms with van der Waals surface area (Å²) in [6, 6.07) is 45.5. The summed E-state index contributed by atoms with van der Waals surface area (Å²) in [5, 5.41) is 2.96. The molecular weight excluding hydrogens is 380 g/mol. The molecule has 0 aromatic heterocycles. The molecule has 0 amide bonds. The lowest BCUT2D eigenvalue weighted by atomic mass is 10.1. The second-order valence-electron chi connectivity index (χ2n) is 7.44. The van der Waals surface area contributed by atoms with E-state index in [0.29, 0.717) is 0 Å². The van der Waals surface area contributed by atoms with E-state index in [4.69, 9.17) is 0 Å². The number of hydrogen-bond acceptors (Lipinski definition) is 0. The second kappa shape index (κ2) is 9.21. The minimum Gasteiger partial charge on any atom is -0.0628 e. The van der Waals surface area contributed by atoms with Crippen LogP contribution in [-0.4, -0.2) is 18.3 Å². The van der Waals surface area contributed by atoms with E-state index >= 15 is 0 Å². The fourth-order valence-corrected chi connectivity index (χ4v) is 9.93. The summed E-state index contributed by atoms with van der Waals surface area (Å²) in [6.07, 6.45) is 0. The minimum atomic E-state index is -1.05. The lowest BCUT2D eigenvalue weighted by Gasteiger charge is -2.38. The maximum Gasteiger partial charge on any atom is 0.128 e. The number of rotatable bonds is 7. The highest BCUT2D eigenvalue weighted by Gasteiger charge is 2.39. The van der Waals surface area contributed by atoms with Gasteiger partial charge in [-0.05, 0) is 16.3 Å².